The molecule has 0 aromatic carbocycles. The summed E-state index contributed by atoms with van der Waals surface area (Å²) < 4.78 is 0. The molecule has 0 unspecified atom stereocenters. The molecule has 0 aromatic rings. The van der Waals surface area contributed by atoms with Gasteiger partial charge in [0.2, 0.25) is 0 Å². The molecule has 4 saturated carbocycles. The van der Waals surface area contributed by atoms with Gasteiger partial charge in [0.15, 0.2) is 0 Å². The largest absolute Gasteiger partial charge is 0.480 e. The first-order valence-corrected chi connectivity index (χ1v) is 6.62. The highest BCUT2D eigenvalue weighted by atomic mass is 16.4. The smallest absolute Gasteiger partial charge is 0.320 e. The molecule has 3 nitrogen and oxygen atoms in total. The molecular formula is C13H21NO2. The van der Waals surface area contributed by atoms with Gasteiger partial charge in [-0.2, -0.15) is 0 Å². The van der Waals surface area contributed by atoms with Crippen LogP contribution in [0.15, 0.2) is 0 Å². The first kappa shape index (κ1) is 10.6. The summed E-state index contributed by atoms with van der Waals surface area (Å²) in [7, 11) is 0. The molecular weight excluding hydrogens is 202 g/mol. The molecule has 4 bridgehead atoms. The number of hydrogen-bond donors (Lipinski definition) is 2. The van der Waals surface area contributed by atoms with Gasteiger partial charge in [-0.05, 0) is 68.1 Å². The van der Waals surface area contributed by atoms with Crippen molar-refractivity contribution in [2.45, 2.75) is 44.6 Å². The molecule has 0 aliphatic heterocycles. The van der Waals surface area contributed by atoms with Crippen LogP contribution in [0.3, 0.4) is 0 Å². The molecule has 1 atom stereocenters. The van der Waals surface area contributed by atoms with Crippen LogP contribution in [0.4, 0.5) is 0 Å². The van der Waals surface area contributed by atoms with Crippen LogP contribution in [-0.4, -0.2) is 17.1 Å². The van der Waals surface area contributed by atoms with Gasteiger partial charge in [-0.25, -0.2) is 0 Å². The van der Waals surface area contributed by atoms with E-state index in [1.54, 1.807) is 0 Å². The average Bonchev–Trinajstić information content (AvgIpc) is 2.21. The number of carboxylic acids is 1. The fourth-order valence-corrected chi connectivity index (χ4v) is 4.82. The monoisotopic (exact) mass is 223 g/mol. The summed E-state index contributed by atoms with van der Waals surface area (Å²) in [6.45, 7) is 0. The number of rotatable bonds is 3. The van der Waals surface area contributed by atoms with Crippen molar-refractivity contribution in [2.24, 2.45) is 35.3 Å². The van der Waals surface area contributed by atoms with Gasteiger partial charge in [0.1, 0.15) is 6.04 Å². The fourth-order valence-electron chi connectivity index (χ4n) is 4.82. The molecule has 0 radical (unpaired) electrons. The van der Waals surface area contributed by atoms with E-state index in [4.69, 9.17) is 10.8 Å². The summed E-state index contributed by atoms with van der Waals surface area (Å²) in [6, 6.07) is -0.637. The summed E-state index contributed by atoms with van der Waals surface area (Å²) in [4.78, 5) is 10.8. The molecule has 0 aromatic heterocycles. The Hall–Kier alpha value is -0.570. The Morgan fingerprint density at radius 1 is 1.12 bits per heavy atom. The van der Waals surface area contributed by atoms with Gasteiger partial charge < -0.3 is 10.8 Å². The van der Waals surface area contributed by atoms with Crippen molar-refractivity contribution in [2.75, 3.05) is 0 Å². The number of nitrogens with two attached hydrogens (primary N) is 1. The average molecular weight is 223 g/mol. The Bertz CT molecular complexity index is 274. The maximum Gasteiger partial charge on any atom is 0.320 e. The van der Waals surface area contributed by atoms with Crippen LogP contribution >= 0.6 is 0 Å². The van der Waals surface area contributed by atoms with Crippen LogP contribution in [-0.2, 0) is 4.79 Å². The predicted octanol–water partition coefficient (Wildman–Crippen LogP) is 1.86. The predicted molar refractivity (Wildman–Crippen MR) is 60.8 cm³/mol. The fraction of sp³-hybridized carbons (Fsp3) is 0.923. The second kappa shape index (κ2) is 3.73. The van der Waals surface area contributed by atoms with Crippen molar-refractivity contribution in [3.8, 4) is 0 Å². The molecule has 4 rings (SSSR count). The van der Waals surface area contributed by atoms with Crippen LogP contribution in [0.25, 0.3) is 0 Å². The molecule has 90 valence electrons. The number of carboxylic acid groups (broad SMARTS) is 1. The SMILES string of the molecule is N[C@@H](CC1C2CC3CC(C2)CC1C3)C(=O)O. The summed E-state index contributed by atoms with van der Waals surface area (Å²) >= 11 is 0. The number of carbonyl (C=O) groups is 1. The molecule has 0 heterocycles. The zero-order valence-corrected chi connectivity index (χ0v) is 9.64. The van der Waals surface area contributed by atoms with Gasteiger partial charge in [-0.1, -0.05) is 0 Å². The van der Waals surface area contributed by atoms with Crippen molar-refractivity contribution in [1.82, 2.24) is 0 Å². The van der Waals surface area contributed by atoms with Crippen LogP contribution in [0.1, 0.15) is 38.5 Å². The van der Waals surface area contributed by atoms with E-state index < -0.39 is 12.0 Å². The Labute approximate surface area is 96.4 Å². The molecule has 16 heavy (non-hydrogen) atoms. The lowest BCUT2D eigenvalue weighted by Gasteiger charge is -2.54. The molecule has 0 spiro atoms. The number of hydrogen-bond acceptors (Lipinski definition) is 2. The molecule has 0 amide bonds. The minimum Gasteiger partial charge on any atom is -0.480 e. The van der Waals surface area contributed by atoms with E-state index in [1.807, 2.05) is 0 Å². The lowest BCUT2D eigenvalue weighted by atomic mass is 9.51. The Kier molecular flexibility index (Phi) is 2.46. The quantitative estimate of drug-likeness (QED) is 0.767. The number of aliphatic carboxylic acids is 1. The van der Waals surface area contributed by atoms with Crippen molar-refractivity contribution in [3.63, 3.8) is 0 Å². The van der Waals surface area contributed by atoms with Crippen LogP contribution in [0.5, 0.6) is 0 Å². The zero-order chi connectivity index (χ0) is 11.3. The van der Waals surface area contributed by atoms with Crippen molar-refractivity contribution in [1.29, 1.82) is 0 Å². The second-order valence-electron chi connectivity index (χ2n) is 6.28. The summed E-state index contributed by atoms with van der Waals surface area (Å²) in [5, 5.41) is 8.91. The van der Waals surface area contributed by atoms with Gasteiger partial charge in [-0.3, -0.25) is 4.79 Å². The van der Waals surface area contributed by atoms with Crippen molar-refractivity contribution < 1.29 is 9.90 Å². The lowest BCUT2D eigenvalue weighted by Crippen LogP contribution is -2.47. The van der Waals surface area contributed by atoms with Gasteiger partial charge in [-0.15, -0.1) is 0 Å². The van der Waals surface area contributed by atoms with E-state index in [1.165, 1.54) is 32.1 Å². The van der Waals surface area contributed by atoms with E-state index in [2.05, 4.69) is 0 Å². The maximum absolute atomic E-state index is 10.8. The van der Waals surface area contributed by atoms with Crippen molar-refractivity contribution >= 4 is 5.97 Å². The molecule has 4 fully saturated rings. The van der Waals surface area contributed by atoms with Gasteiger partial charge >= 0.3 is 5.97 Å². The van der Waals surface area contributed by atoms with E-state index in [0.717, 1.165) is 23.7 Å². The molecule has 3 N–H and O–H groups in total. The van der Waals surface area contributed by atoms with E-state index in [9.17, 15) is 4.79 Å². The maximum atomic E-state index is 10.8. The third-order valence-electron chi connectivity index (χ3n) is 5.27. The van der Waals surface area contributed by atoms with E-state index >= 15 is 0 Å². The van der Waals surface area contributed by atoms with Crippen LogP contribution in [0.2, 0.25) is 0 Å². The topological polar surface area (TPSA) is 63.3 Å². The van der Waals surface area contributed by atoms with Gasteiger partial charge in [0.25, 0.3) is 0 Å². The highest BCUT2D eigenvalue weighted by molar-refractivity contribution is 5.73. The first-order chi connectivity index (χ1) is 7.63. The summed E-state index contributed by atoms with van der Waals surface area (Å²) in [5.74, 6) is 3.29. The Balaban J connectivity index is 1.70. The van der Waals surface area contributed by atoms with Crippen LogP contribution < -0.4 is 5.73 Å². The Morgan fingerprint density at radius 2 is 1.62 bits per heavy atom. The highest BCUT2D eigenvalue weighted by Gasteiger charge is 2.48. The molecule has 4 aliphatic rings. The summed E-state index contributed by atoms with van der Waals surface area (Å²) in [5.41, 5.74) is 5.70. The normalized spacial score (nSPS) is 46.9. The first-order valence-electron chi connectivity index (χ1n) is 6.62. The third-order valence-corrected chi connectivity index (χ3v) is 5.27. The lowest BCUT2D eigenvalue weighted by molar-refractivity contribution is -0.140. The molecule has 0 saturated heterocycles. The minimum atomic E-state index is -0.825. The van der Waals surface area contributed by atoms with Gasteiger partial charge in [0, 0.05) is 0 Å². The molecule has 4 aliphatic carbocycles. The third kappa shape index (κ3) is 1.65. The van der Waals surface area contributed by atoms with Gasteiger partial charge in [0.05, 0.1) is 0 Å². The highest BCUT2D eigenvalue weighted by Crippen LogP contribution is 2.57. The summed E-state index contributed by atoms with van der Waals surface area (Å²) in [6.07, 6.45) is 7.57. The minimum absolute atomic E-state index is 0.610. The molecule has 3 heteroatoms. The zero-order valence-electron chi connectivity index (χ0n) is 9.64. The van der Waals surface area contributed by atoms with Crippen LogP contribution in [0, 0.1) is 29.6 Å². The van der Waals surface area contributed by atoms with Crippen molar-refractivity contribution in [3.05, 3.63) is 0 Å². The van der Waals surface area contributed by atoms with E-state index in [-0.39, 0.29) is 0 Å². The second-order valence-corrected chi connectivity index (χ2v) is 6.28. The van der Waals surface area contributed by atoms with E-state index in [0.29, 0.717) is 12.3 Å². The Morgan fingerprint density at radius 3 is 2.06 bits per heavy atom. The standard InChI is InChI=1S/C13H21NO2/c14-12(13(15)16)6-11-9-2-7-1-8(4-9)5-10(11)3-7/h7-12H,1-6,14H2,(H,15,16)/t7?,8?,9?,10?,11?,12-/m0/s1.